The summed E-state index contributed by atoms with van der Waals surface area (Å²) in [6.07, 6.45) is 1.80. The molecule has 140 valence electrons. The van der Waals surface area contributed by atoms with E-state index in [-0.39, 0.29) is 17.0 Å². The standard InChI is InChI=1S/C19H24N2O4S/c1-14(13-15-7-5-6-8-18(15)25-3)21(2)19(22)20-16-9-11-17(12-10-16)26(4,23)24/h5-12,14H,13H2,1-4H3,(H,20,22)/t14-/m0/s1. The molecule has 26 heavy (non-hydrogen) atoms. The number of nitrogens with one attached hydrogen (secondary N) is 1. The number of hydrogen-bond acceptors (Lipinski definition) is 4. The van der Waals surface area contributed by atoms with Gasteiger partial charge in [0.05, 0.1) is 12.0 Å². The Hall–Kier alpha value is -2.54. The number of amides is 2. The van der Waals surface area contributed by atoms with Gasteiger partial charge in [0.2, 0.25) is 0 Å². The van der Waals surface area contributed by atoms with Crippen molar-refractivity contribution < 1.29 is 17.9 Å². The number of methoxy groups -OCH3 is 1. The normalized spacial score (nSPS) is 12.3. The number of benzene rings is 2. The number of urea groups is 1. The van der Waals surface area contributed by atoms with Crippen LogP contribution in [0.5, 0.6) is 5.75 Å². The summed E-state index contributed by atoms with van der Waals surface area (Å²) in [7, 11) is 0.0936. The number of carbonyl (C=O) groups excluding carboxylic acids is 1. The number of likely N-dealkylation sites (N-methyl/N-ethyl adjacent to an activating group) is 1. The summed E-state index contributed by atoms with van der Waals surface area (Å²) in [5.41, 5.74) is 1.57. The van der Waals surface area contributed by atoms with Crippen LogP contribution in [0.3, 0.4) is 0 Å². The Morgan fingerprint density at radius 3 is 2.35 bits per heavy atom. The minimum Gasteiger partial charge on any atom is -0.496 e. The maximum atomic E-state index is 12.4. The van der Waals surface area contributed by atoms with Crippen LogP contribution < -0.4 is 10.1 Å². The van der Waals surface area contributed by atoms with E-state index in [2.05, 4.69) is 5.32 Å². The van der Waals surface area contributed by atoms with E-state index in [4.69, 9.17) is 4.74 Å². The third-order valence-electron chi connectivity index (χ3n) is 4.22. The van der Waals surface area contributed by atoms with Gasteiger partial charge in [-0.3, -0.25) is 0 Å². The lowest BCUT2D eigenvalue weighted by Crippen LogP contribution is -2.39. The molecule has 1 atom stereocenters. The van der Waals surface area contributed by atoms with Crippen LogP contribution in [0.15, 0.2) is 53.4 Å². The van der Waals surface area contributed by atoms with Crippen molar-refractivity contribution in [1.29, 1.82) is 0 Å². The van der Waals surface area contributed by atoms with Crippen molar-refractivity contribution in [3.05, 3.63) is 54.1 Å². The first-order valence-electron chi connectivity index (χ1n) is 8.18. The molecule has 1 N–H and O–H groups in total. The first-order valence-corrected chi connectivity index (χ1v) is 10.1. The third-order valence-corrected chi connectivity index (χ3v) is 5.35. The summed E-state index contributed by atoms with van der Waals surface area (Å²) < 4.78 is 28.3. The highest BCUT2D eigenvalue weighted by atomic mass is 32.2. The number of carbonyl (C=O) groups is 1. The van der Waals surface area contributed by atoms with Crippen molar-refractivity contribution in [3.63, 3.8) is 0 Å². The molecule has 0 aromatic heterocycles. The number of ether oxygens (including phenoxy) is 1. The Kier molecular flexibility index (Phi) is 6.26. The molecular weight excluding hydrogens is 352 g/mol. The minimum atomic E-state index is -3.25. The van der Waals surface area contributed by atoms with Gasteiger partial charge in [-0.25, -0.2) is 13.2 Å². The van der Waals surface area contributed by atoms with E-state index in [0.29, 0.717) is 12.1 Å². The summed E-state index contributed by atoms with van der Waals surface area (Å²) in [6, 6.07) is 13.5. The number of hydrogen-bond donors (Lipinski definition) is 1. The van der Waals surface area contributed by atoms with Crippen LogP contribution in [0.25, 0.3) is 0 Å². The lowest BCUT2D eigenvalue weighted by atomic mass is 10.1. The molecule has 2 aromatic carbocycles. The number of rotatable bonds is 6. The zero-order valence-electron chi connectivity index (χ0n) is 15.4. The number of sulfone groups is 1. The van der Waals surface area contributed by atoms with Crippen LogP contribution in [0, 0.1) is 0 Å². The second-order valence-corrected chi connectivity index (χ2v) is 8.22. The molecule has 0 heterocycles. The maximum absolute atomic E-state index is 12.4. The quantitative estimate of drug-likeness (QED) is 0.840. The number of para-hydroxylation sites is 1. The largest absolute Gasteiger partial charge is 0.496 e. The predicted octanol–water partition coefficient (Wildman–Crippen LogP) is 3.19. The molecule has 0 spiro atoms. The summed E-state index contributed by atoms with van der Waals surface area (Å²) in [5, 5.41) is 2.78. The van der Waals surface area contributed by atoms with Gasteiger partial charge in [-0.05, 0) is 49.2 Å². The van der Waals surface area contributed by atoms with Gasteiger partial charge < -0.3 is 15.0 Å². The van der Waals surface area contributed by atoms with Crippen LogP contribution in [0.1, 0.15) is 12.5 Å². The molecule has 2 aromatic rings. The Labute approximate surface area is 154 Å². The fourth-order valence-electron chi connectivity index (χ4n) is 2.52. The van der Waals surface area contributed by atoms with Crippen molar-refractivity contribution in [2.45, 2.75) is 24.3 Å². The van der Waals surface area contributed by atoms with Crippen molar-refractivity contribution in [2.24, 2.45) is 0 Å². The van der Waals surface area contributed by atoms with E-state index in [0.717, 1.165) is 17.6 Å². The summed E-state index contributed by atoms with van der Waals surface area (Å²) in [4.78, 5) is 14.3. The van der Waals surface area contributed by atoms with E-state index in [1.54, 1.807) is 31.2 Å². The fourth-order valence-corrected chi connectivity index (χ4v) is 3.15. The summed E-state index contributed by atoms with van der Waals surface area (Å²) >= 11 is 0. The van der Waals surface area contributed by atoms with Gasteiger partial charge in [-0.2, -0.15) is 0 Å². The average molecular weight is 376 g/mol. The topological polar surface area (TPSA) is 75.7 Å². The third kappa shape index (κ3) is 4.98. The van der Waals surface area contributed by atoms with Gasteiger partial charge in [0, 0.05) is 25.0 Å². The van der Waals surface area contributed by atoms with Gasteiger partial charge in [0.15, 0.2) is 9.84 Å². The molecule has 7 heteroatoms. The van der Waals surface area contributed by atoms with Gasteiger partial charge in [0.25, 0.3) is 0 Å². The van der Waals surface area contributed by atoms with Crippen molar-refractivity contribution in [2.75, 3.05) is 25.7 Å². The Morgan fingerprint density at radius 1 is 1.15 bits per heavy atom. The molecule has 0 unspecified atom stereocenters. The van der Waals surface area contributed by atoms with Crippen LogP contribution >= 0.6 is 0 Å². The Bertz CT molecular complexity index is 863. The van der Waals surface area contributed by atoms with E-state index < -0.39 is 9.84 Å². The molecule has 0 fully saturated rings. The molecular formula is C19H24N2O4S. The van der Waals surface area contributed by atoms with E-state index in [1.165, 1.54) is 12.1 Å². The van der Waals surface area contributed by atoms with E-state index in [1.807, 2.05) is 31.2 Å². The number of anilines is 1. The molecule has 0 aliphatic carbocycles. The zero-order valence-corrected chi connectivity index (χ0v) is 16.2. The van der Waals surface area contributed by atoms with Crippen LogP contribution in [0.2, 0.25) is 0 Å². The molecule has 0 radical (unpaired) electrons. The Balaban J connectivity index is 2.02. The SMILES string of the molecule is COc1ccccc1C[C@H](C)N(C)C(=O)Nc1ccc(S(C)(=O)=O)cc1. The average Bonchev–Trinajstić information content (AvgIpc) is 2.61. The molecule has 0 saturated heterocycles. The second-order valence-electron chi connectivity index (χ2n) is 6.20. The smallest absolute Gasteiger partial charge is 0.321 e. The molecule has 6 nitrogen and oxygen atoms in total. The Morgan fingerprint density at radius 2 is 1.77 bits per heavy atom. The van der Waals surface area contributed by atoms with Crippen LogP contribution in [0.4, 0.5) is 10.5 Å². The summed E-state index contributed by atoms with van der Waals surface area (Å²) in [5.74, 6) is 0.796. The van der Waals surface area contributed by atoms with Gasteiger partial charge in [-0.1, -0.05) is 18.2 Å². The molecule has 0 bridgehead atoms. The van der Waals surface area contributed by atoms with Crippen LogP contribution in [-0.4, -0.2) is 45.8 Å². The van der Waals surface area contributed by atoms with Gasteiger partial charge in [0.1, 0.15) is 5.75 Å². The lowest BCUT2D eigenvalue weighted by Gasteiger charge is -2.26. The minimum absolute atomic E-state index is 0.0541. The first-order chi connectivity index (χ1) is 12.2. The van der Waals surface area contributed by atoms with Gasteiger partial charge in [-0.15, -0.1) is 0 Å². The highest BCUT2D eigenvalue weighted by Crippen LogP contribution is 2.21. The predicted molar refractivity (Wildman–Crippen MR) is 102 cm³/mol. The van der Waals surface area contributed by atoms with E-state index >= 15 is 0 Å². The van der Waals surface area contributed by atoms with E-state index in [9.17, 15) is 13.2 Å². The monoisotopic (exact) mass is 376 g/mol. The molecule has 2 rings (SSSR count). The van der Waals surface area contributed by atoms with Crippen molar-refractivity contribution in [3.8, 4) is 5.75 Å². The maximum Gasteiger partial charge on any atom is 0.321 e. The highest BCUT2D eigenvalue weighted by Gasteiger charge is 2.18. The molecule has 0 saturated carbocycles. The highest BCUT2D eigenvalue weighted by molar-refractivity contribution is 7.90. The zero-order chi connectivity index (χ0) is 19.3. The summed E-state index contributed by atoms with van der Waals surface area (Å²) in [6.45, 7) is 1.96. The molecule has 0 aliphatic heterocycles. The number of nitrogens with zero attached hydrogens (tertiary/aromatic N) is 1. The van der Waals surface area contributed by atoms with Crippen molar-refractivity contribution in [1.82, 2.24) is 4.90 Å². The van der Waals surface area contributed by atoms with Crippen LogP contribution in [-0.2, 0) is 16.3 Å². The molecule has 2 amide bonds. The lowest BCUT2D eigenvalue weighted by molar-refractivity contribution is 0.207. The first kappa shape index (κ1) is 19.8. The van der Waals surface area contributed by atoms with Crippen molar-refractivity contribution >= 4 is 21.6 Å². The molecule has 0 aliphatic rings. The van der Waals surface area contributed by atoms with Gasteiger partial charge >= 0.3 is 6.03 Å². The second kappa shape index (κ2) is 8.23. The fraction of sp³-hybridized carbons (Fsp3) is 0.316.